The first-order valence-corrected chi connectivity index (χ1v) is 12.3. The van der Waals surface area contributed by atoms with E-state index in [-0.39, 0.29) is 5.82 Å². The molecule has 0 aliphatic heterocycles. The van der Waals surface area contributed by atoms with Crippen molar-refractivity contribution >= 4 is 11.8 Å². The van der Waals surface area contributed by atoms with E-state index in [2.05, 4.69) is 32.0 Å². The van der Waals surface area contributed by atoms with Crippen molar-refractivity contribution < 1.29 is 9.13 Å². The lowest BCUT2D eigenvalue weighted by Crippen LogP contribution is -2.13. The minimum Gasteiger partial charge on any atom is -0.494 e. The lowest BCUT2D eigenvalue weighted by atomic mass is 9.77. The van der Waals surface area contributed by atoms with Crippen LogP contribution in [-0.4, -0.2) is 6.61 Å². The zero-order chi connectivity index (χ0) is 20.5. The lowest BCUT2D eigenvalue weighted by Gasteiger charge is -2.28. The number of thioether (sulfide) groups is 1. The van der Waals surface area contributed by atoms with Gasteiger partial charge in [-0.3, -0.25) is 0 Å². The van der Waals surface area contributed by atoms with Crippen LogP contribution in [0.1, 0.15) is 82.3 Å². The van der Waals surface area contributed by atoms with Crippen molar-refractivity contribution in [3.8, 4) is 5.75 Å². The molecule has 0 radical (unpaired) electrons. The van der Waals surface area contributed by atoms with E-state index in [0.29, 0.717) is 5.92 Å². The van der Waals surface area contributed by atoms with Crippen LogP contribution in [0.25, 0.3) is 0 Å². The molecule has 0 amide bonds. The maximum Gasteiger partial charge on any atom is 0.137 e. The molecule has 1 fully saturated rings. The van der Waals surface area contributed by atoms with Crippen LogP contribution in [0.2, 0.25) is 0 Å². The van der Waals surface area contributed by atoms with E-state index in [1.54, 1.807) is 17.8 Å². The number of rotatable bonds is 10. The van der Waals surface area contributed by atoms with Crippen LogP contribution in [-0.2, 0) is 5.75 Å². The van der Waals surface area contributed by atoms with Crippen LogP contribution in [0.3, 0.4) is 0 Å². The highest BCUT2D eigenvalue weighted by Crippen LogP contribution is 2.38. The van der Waals surface area contributed by atoms with Crippen molar-refractivity contribution in [3.05, 3.63) is 59.4 Å². The third-order valence-corrected chi connectivity index (χ3v) is 7.18. The molecule has 0 spiro atoms. The van der Waals surface area contributed by atoms with Crippen molar-refractivity contribution in [2.75, 3.05) is 6.61 Å². The third kappa shape index (κ3) is 6.77. The Morgan fingerprint density at radius 1 is 0.966 bits per heavy atom. The highest BCUT2D eigenvalue weighted by molar-refractivity contribution is 7.98. The predicted molar refractivity (Wildman–Crippen MR) is 122 cm³/mol. The molecule has 0 heterocycles. The molecule has 0 N–H and O–H groups in total. The normalized spacial score (nSPS) is 19.3. The van der Waals surface area contributed by atoms with E-state index in [1.807, 2.05) is 18.2 Å². The second kappa shape index (κ2) is 11.6. The molecule has 1 aliphatic rings. The van der Waals surface area contributed by atoms with Crippen LogP contribution in [0.4, 0.5) is 4.39 Å². The molecule has 158 valence electrons. The molecular weight excluding hydrogens is 379 g/mol. The summed E-state index contributed by atoms with van der Waals surface area (Å²) in [5, 5.41) is 0. The Labute approximate surface area is 180 Å². The van der Waals surface area contributed by atoms with Crippen molar-refractivity contribution in [2.24, 2.45) is 5.92 Å². The minimum atomic E-state index is -0.0669. The fourth-order valence-electron chi connectivity index (χ4n) is 4.26. The fraction of sp³-hybridized carbons (Fsp3) is 0.538. The topological polar surface area (TPSA) is 9.23 Å². The Morgan fingerprint density at radius 2 is 1.72 bits per heavy atom. The number of hydrogen-bond acceptors (Lipinski definition) is 2. The predicted octanol–water partition coefficient (Wildman–Crippen LogP) is 8.37. The molecule has 0 bridgehead atoms. The quantitative estimate of drug-likeness (QED) is 0.285. The number of benzene rings is 2. The van der Waals surface area contributed by atoms with Gasteiger partial charge in [0.25, 0.3) is 0 Å². The number of hydrogen-bond donors (Lipinski definition) is 0. The molecular formula is C26H35FOS. The van der Waals surface area contributed by atoms with E-state index in [4.69, 9.17) is 4.74 Å². The summed E-state index contributed by atoms with van der Waals surface area (Å²) >= 11 is 1.57. The molecule has 2 aromatic rings. The van der Waals surface area contributed by atoms with Gasteiger partial charge in [-0.2, -0.15) is 0 Å². The monoisotopic (exact) mass is 414 g/mol. The minimum absolute atomic E-state index is 0.0669. The second-order valence-electron chi connectivity index (χ2n) is 8.33. The van der Waals surface area contributed by atoms with Gasteiger partial charge in [-0.15, -0.1) is 11.8 Å². The average molecular weight is 415 g/mol. The molecule has 0 saturated heterocycles. The summed E-state index contributed by atoms with van der Waals surface area (Å²) in [7, 11) is 0. The Morgan fingerprint density at radius 3 is 2.38 bits per heavy atom. The van der Waals surface area contributed by atoms with Gasteiger partial charge in [-0.05, 0) is 79.3 Å². The van der Waals surface area contributed by atoms with Crippen LogP contribution < -0.4 is 4.74 Å². The number of ether oxygens (including phenoxy) is 1. The zero-order valence-corrected chi connectivity index (χ0v) is 18.8. The second-order valence-corrected chi connectivity index (χ2v) is 9.35. The van der Waals surface area contributed by atoms with E-state index in [0.717, 1.165) is 41.8 Å². The molecule has 3 rings (SSSR count). The van der Waals surface area contributed by atoms with E-state index in [1.165, 1.54) is 49.7 Å². The van der Waals surface area contributed by atoms with Crippen LogP contribution in [0.15, 0.2) is 47.4 Å². The zero-order valence-electron chi connectivity index (χ0n) is 18.0. The first-order chi connectivity index (χ1) is 14.2. The summed E-state index contributed by atoms with van der Waals surface area (Å²) in [6.45, 7) is 5.20. The highest BCUT2D eigenvalue weighted by atomic mass is 32.2. The maximum absolute atomic E-state index is 14.7. The van der Waals surface area contributed by atoms with Gasteiger partial charge in [-0.25, -0.2) is 4.39 Å². The summed E-state index contributed by atoms with van der Waals surface area (Å²) in [6, 6.07) is 14.1. The van der Waals surface area contributed by atoms with Gasteiger partial charge in [0.1, 0.15) is 11.6 Å². The van der Waals surface area contributed by atoms with E-state index >= 15 is 0 Å². The molecule has 3 heteroatoms. The fourth-order valence-corrected chi connectivity index (χ4v) is 5.13. The molecule has 0 aromatic heterocycles. The Hall–Kier alpha value is -1.48. The van der Waals surface area contributed by atoms with Gasteiger partial charge >= 0.3 is 0 Å². The molecule has 1 nitrogen and oxygen atoms in total. The van der Waals surface area contributed by atoms with Gasteiger partial charge in [-0.1, -0.05) is 51.3 Å². The molecule has 0 atom stereocenters. The van der Waals surface area contributed by atoms with E-state index < -0.39 is 0 Å². The Bertz CT molecular complexity index is 735. The Kier molecular flexibility index (Phi) is 8.92. The van der Waals surface area contributed by atoms with Crippen LogP contribution >= 0.6 is 11.8 Å². The maximum atomic E-state index is 14.7. The summed E-state index contributed by atoms with van der Waals surface area (Å²) in [6.07, 6.45) is 9.87. The van der Waals surface area contributed by atoms with Crippen molar-refractivity contribution in [1.82, 2.24) is 0 Å². The molecule has 2 aromatic carbocycles. The van der Waals surface area contributed by atoms with Crippen molar-refractivity contribution in [2.45, 2.75) is 81.8 Å². The molecule has 1 saturated carbocycles. The van der Waals surface area contributed by atoms with Crippen molar-refractivity contribution in [3.63, 3.8) is 0 Å². The largest absolute Gasteiger partial charge is 0.494 e. The van der Waals surface area contributed by atoms with Gasteiger partial charge < -0.3 is 4.74 Å². The standard InChI is InChI=1S/C26H35FOS/c1-3-5-17-28-24-14-9-21(10-15-24)19-29-26-16-13-23(18-25(26)27)22-11-7-20(6-4-2)8-12-22/h9-10,13-16,18,20,22H,3-8,11-12,17,19H2,1-2H3/t20-,22-. The number of halogens is 1. The van der Waals surface area contributed by atoms with E-state index in [9.17, 15) is 4.39 Å². The molecule has 29 heavy (non-hydrogen) atoms. The molecule has 1 aliphatic carbocycles. The van der Waals surface area contributed by atoms with Gasteiger partial charge in [0.05, 0.1) is 6.61 Å². The average Bonchev–Trinajstić information content (AvgIpc) is 2.75. The number of unbranched alkanes of at least 4 members (excludes halogenated alkanes) is 1. The van der Waals surface area contributed by atoms with Gasteiger partial charge in [0.2, 0.25) is 0 Å². The lowest BCUT2D eigenvalue weighted by molar-refractivity contribution is 0.308. The highest BCUT2D eigenvalue weighted by Gasteiger charge is 2.22. The summed E-state index contributed by atoms with van der Waals surface area (Å²) in [5.41, 5.74) is 2.38. The van der Waals surface area contributed by atoms with Crippen LogP contribution in [0.5, 0.6) is 5.75 Å². The summed E-state index contributed by atoms with van der Waals surface area (Å²) in [4.78, 5) is 0.747. The van der Waals surface area contributed by atoms with Crippen LogP contribution in [0, 0.1) is 11.7 Å². The van der Waals surface area contributed by atoms with Gasteiger partial charge in [0, 0.05) is 10.6 Å². The summed E-state index contributed by atoms with van der Waals surface area (Å²) < 4.78 is 20.4. The SMILES string of the molecule is CCCCOc1ccc(CSc2ccc([C@H]3CC[C@H](CCC)CC3)cc2F)cc1. The van der Waals surface area contributed by atoms with Crippen molar-refractivity contribution in [1.29, 1.82) is 0 Å². The first-order valence-electron chi connectivity index (χ1n) is 11.3. The third-order valence-electron chi connectivity index (χ3n) is 6.06. The molecule has 0 unspecified atom stereocenters. The smallest absolute Gasteiger partial charge is 0.137 e. The van der Waals surface area contributed by atoms with Gasteiger partial charge in [0.15, 0.2) is 0 Å². The first kappa shape index (κ1) is 22.2. The Balaban J connectivity index is 1.50. The summed E-state index contributed by atoms with van der Waals surface area (Å²) in [5.74, 6) is 3.04.